The normalized spacial score (nSPS) is 21.1. The number of nitrogens with one attached hydrogen (secondary N) is 1. The molecule has 140 valence electrons. The van der Waals surface area contributed by atoms with Gasteiger partial charge in [0.25, 0.3) is 0 Å². The number of benzene rings is 3. The second-order valence-corrected chi connectivity index (χ2v) is 7.46. The minimum atomic E-state index is 0.340. The monoisotopic (exact) mass is 368 g/mol. The zero-order chi connectivity index (χ0) is 18.8. The third-order valence-electron chi connectivity index (χ3n) is 5.46. The number of hydrogen-bond donors (Lipinski definition) is 1. The highest BCUT2D eigenvalue weighted by molar-refractivity contribution is 5.78. The highest BCUT2D eigenvalue weighted by atomic mass is 16.5. The van der Waals surface area contributed by atoms with Gasteiger partial charge in [-0.25, -0.2) is 0 Å². The molecule has 1 fully saturated rings. The van der Waals surface area contributed by atoms with Gasteiger partial charge in [0.2, 0.25) is 0 Å². The minimum absolute atomic E-state index is 0.340. The van der Waals surface area contributed by atoms with E-state index in [9.17, 15) is 0 Å². The first-order valence-electron chi connectivity index (χ1n) is 9.92. The van der Waals surface area contributed by atoms with Gasteiger partial charge in [0, 0.05) is 29.1 Å². The zero-order valence-corrected chi connectivity index (χ0v) is 15.8. The van der Waals surface area contributed by atoms with Crippen LogP contribution in [0.2, 0.25) is 0 Å². The Morgan fingerprint density at radius 1 is 0.714 bits per heavy atom. The summed E-state index contributed by atoms with van der Waals surface area (Å²) < 4.78 is 5.66. The second kappa shape index (κ2) is 7.63. The van der Waals surface area contributed by atoms with Crippen molar-refractivity contribution in [1.29, 1.82) is 0 Å². The van der Waals surface area contributed by atoms with E-state index in [4.69, 9.17) is 4.74 Å². The summed E-state index contributed by atoms with van der Waals surface area (Å²) in [7, 11) is 0. The molecule has 2 heterocycles. The summed E-state index contributed by atoms with van der Waals surface area (Å²) in [6.45, 7) is 1.58. The quantitative estimate of drug-likeness (QED) is 0.676. The first-order valence-corrected chi connectivity index (χ1v) is 9.92. The fraction of sp³-hybridized carbons (Fsp3) is 0.200. The SMILES string of the molecule is C1=C(c2ccc(N(c3ccccc3)c3ccccc3)cc2)CC2COCC1N2. The van der Waals surface area contributed by atoms with Gasteiger partial charge in [-0.2, -0.15) is 0 Å². The molecule has 2 bridgehead atoms. The van der Waals surface area contributed by atoms with E-state index in [0.717, 1.165) is 31.0 Å². The van der Waals surface area contributed by atoms with E-state index in [1.165, 1.54) is 16.8 Å². The van der Waals surface area contributed by atoms with Crippen molar-refractivity contribution in [3.05, 3.63) is 96.6 Å². The Labute approximate surface area is 166 Å². The van der Waals surface area contributed by atoms with Crippen LogP contribution in [0.15, 0.2) is 91.0 Å². The van der Waals surface area contributed by atoms with Crippen molar-refractivity contribution >= 4 is 22.6 Å². The highest BCUT2D eigenvalue weighted by Crippen LogP contribution is 2.35. The van der Waals surface area contributed by atoms with Crippen LogP contribution in [0.25, 0.3) is 5.57 Å². The number of para-hydroxylation sites is 2. The Morgan fingerprint density at radius 2 is 1.32 bits per heavy atom. The Balaban J connectivity index is 1.48. The Bertz CT molecular complexity index is 911. The summed E-state index contributed by atoms with van der Waals surface area (Å²) >= 11 is 0. The molecular formula is C25H24N2O. The molecule has 2 aliphatic heterocycles. The predicted molar refractivity (Wildman–Crippen MR) is 115 cm³/mol. The average Bonchev–Trinajstić information content (AvgIpc) is 2.76. The van der Waals surface area contributed by atoms with Crippen molar-refractivity contribution in [3.8, 4) is 0 Å². The fourth-order valence-electron chi connectivity index (χ4n) is 4.17. The van der Waals surface area contributed by atoms with Crippen molar-refractivity contribution in [2.24, 2.45) is 0 Å². The maximum absolute atomic E-state index is 5.66. The largest absolute Gasteiger partial charge is 0.378 e. The van der Waals surface area contributed by atoms with Crippen molar-refractivity contribution in [2.75, 3.05) is 18.1 Å². The Kier molecular flexibility index (Phi) is 4.69. The Morgan fingerprint density at radius 3 is 1.93 bits per heavy atom. The van der Waals surface area contributed by atoms with Crippen LogP contribution in [0.4, 0.5) is 17.1 Å². The number of rotatable bonds is 4. The summed E-state index contributed by atoms with van der Waals surface area (Å²) in [6, 6.07) is 30.8. The van der Waals surface area contributed by atoms with E-state index in [1.54, 1.807) is 0 Å². The van der Waals surface area contributed by atoms with Crippen molar-refractivity contribution in [3.63, 3.8) is 0 Å². The molecule has 2 aliphatic rings. The molecule has 0 amide bonds. The van der Waals surface area contributed by atoms with Crippen LogP contribution in [0, 0.1) is 0 Å². The van der Waals surface area contributed by atoms with Crippen LogP contribution >= 0.6 is 0 Å². The molecule has 0 radical (unpaired) electrons. The number of fused-ring (bicyclic) bond motifs is 2. The molecular weight excluding hydrogens is 344 g/mol. The molecule has 1 saturated heterocycles. The van der Waals surface area contributed by atoms with Crippen molar-refractivity contribution in [1.82, 2.24) is 5.32 Å². The van der Waals surface area contributed by atoms with Crippen LogP contribution < -0.4 is 10.2 Å². The summed E-state index contributed by atoms with van der Waals surface area (Å²) in [5.74, 6) is 0. The summed E-state index contributed by atoms with van der Waals surface area (Å²) in [5.41, 5.74) is 6.22. The molecule has 28 heavy (non-hydrogen) atoms. The van der Waals surface area contributed by atoms with E-state index in [-0.39, 0.29) is 0 Å². The van der Waals surface area contributed by atoms with Gasteiger partial charge in [0.05, 0.1) is 13.2 Å². The van der Waals surface area contributed by atoms with Gasteiger partial charge in [-0.1, -0.05) is 54.6 Å². The lowest BCUT2D eigenvalue weighted by Crippen LogP contribution is -2.50. The third-order valence-corrected chi connectivity index (χ3v) is 5.46. The number of nitrogens with zero attached hydrogens (tertiary/aromatic N) is 1. The first kappa shape index (κ1) is 17.2. The van der Waals surface area contributed by atoms with Gasteiger partial charge in [-0.3, -0.25) is 0 Å². The Hall–Kier alpha value is -2.88. The topological polar surface area (TPSA) is 24.5 Å². The van der Waals surface area contributed by atoms with E-state index < -0.39 is 0 Å². The first-order chi connectivity index (χ1) is 13.9. The fourth-order valence-corrected chi connectivity index (χ4v) is 4.17. The van der Waals surface area contributed by atoms with Gasteiger partial charge in [0.1, 0.15) is 0 Å². The maximum Gasteiger partial charge on any atom is 0.0656 e. The van der Waals surface area contributed by atoms with E-state index in [2.05, 4.69) is 101 Å². The predicted octanol–water partition coefficient (Wildman–Crippen LogP) is 5.30. The smallest absolute Gasteiger partial charge is 0.0656 e. The zero-order valence-electron chi connectivity index (χ0n) is 15.8. The molecule has 1 N–H and O–H groups in total. The molecule has 3 nitrogen and oxygen atoms in total. The molecule has 0 aromatic heterocycles. The molecule has 3 aromatic rings. The maximum atomic E-state index is 5.66. The standard InChI is InChI=1S/C25H24N2O/c1-3-7-23(8-4-1)27(24-9-5-2-6-10-24)25-13-11-19(12-14-25)20-15-21-17-28-18-22(16-20)26-21/h1-15,21-22,26H,16-18H2. The molecule has 0 saturated carbocycles. The lowest BCUT2D eigenvalue weighted by atomic mass is 9.91. The molecule has 2 atom stereocenters. The summed E-state index contributed by atoms with van der Waals surface area (Å²) in [5, 5.41) is 3.62. The molecule has 2 unspecified atom stereocenters. The van der Waals surface area contributed by atoms with Crippen LogP contribution in [0.3, 0.4) is 0 Å². The molecule has 3 aromatic carbocycles. The van der Waals surface area contributed by atoms with Crippen LogP contribution in [-0.2, 0) is 4.74 Å². The van der Waals surface area contributed by atoms with Gasteiger partial charge < -0.3 is 15.0 Å². The lowest BCUT2D eigenvalue weighted by molar-refractivity contribution is 0.0561. The van der Waals surface area contributed by atoms with Crippen molar-refractivity contribution in [2.45, 2.75) is 18.5 Å². The third kappa shape index (κ3) is 3.47. The van der Waals surface area contributed by atoms with Crippen LogP contribution in [-0.4, -0.2) is 25.3 Å². The number of hydrogen-bond acceptors (Lipinski definition) is 3. The molecule has 0 spiro atoms. The van der Waals surface area contributed by atoms with Gasteiger partial charge in [-0.15, -0.1) is 0 Å². The lowest BCUT2D eigenvalue weighted by Gasteiger charge is -2.35. The number of ether oxygens (including phenoxy) is 1. The number of morpholine rings is 1. The van der Waals surface area contributed by atoms with E-state index in [1.807, 2.05) is 0 Å². The second-order valence-electron chi connectivity index (χ2n) is 7.46. The van der Waals surface area contributed by atoms with E-state index in [0.29, 0.717) is 12.1 Å². The van der Waals surface area contributed by atoms with Crippen molar-refractivity contribution < 1.29 is 4.74 Å². The summed E-state index contributed by atoms with van der Waals surface area (Å²) in [6.07, 6.45) is 3.35. The number of anilines is 3. The van der Waals surface area contributed by atoms with Gasteiger partial charge in [0.15, 0.2) is 0 Å². The highest BCUT2D eigenvalue weighted by Gasteiger charge is 2.26. The summed E-state index contributed by atoms with van der Waals surface area (Å²) in [4.78, 5) is 2.29. The molecule has 5 rings (SSSR count). The minimum Gasteiger partial charge on any atom is -0.378 e. The van der Waals surface area contributed by atoms with Crippen LogP contribution in [0.1, 0.15) is 12.0 Å². The molecule has 3 heteroatoms. The van der Waals surface area contributed by atoms with Gasteiger partial charge >= 0.3 is 0 Å². The average molecular weight is 368 g/mol. The van der Waals surface area contributed by atoms with Gasteiger partial charge in [-0.05, 0) is 54.0 Å². The van der Waals surface area contributed by atoms with E-state index >= 15 is 0 Å². The molecule has 0 aliphatic carbocycles. The van der Waals surface area contributed by atoms with Crippen LogP contribution in [0.5, 0.6) is 0 Å².